The molecule has 0 atom stereocenters. The lowest BCUT2D eigenvalue weighted by Gasteiger charge is -2.48. The molecular weight excluding hydrogens is 436 g/mol. The topological polar surface area (TPSA) is 82.1 Å². The Bertz CT molecular complexity index is 1020. The summed E-state index contributed by atoms with van der Waals surface area (Å²) in [5.41, 5.74) is 1.10. The lowest BCUT2D eigenvalue weighted by atomic mass is 9.79. The minimum Gasteiger partial charge on any atom is -0.350 e. The van der Waals surface area contributed by atoms with E-state index in [9.17, 15) is 13.2 Å². The second kappa shape index (κ2) is 9.37. The third-order valence-electron chi connectivity index (χ3n) is 8.00. The summed E-state index contributed by atoms with van der Waals surface area (Å²) < 4.78 is 30.0. The number of sulfonamides is 1. The number of piperidine rings is 1. The average Bonchev–Trinajstić information content (AvgIpc) is 3.08. The number of hydrogen-bond acceptors (Lipinski definition) is 5. The Morgan fingerprint density at radius 3 is 2.42 bits per heavy atom. The van der Waals surface area contributed by atoms with E-state index in [0.29, 0.717) is 30.1 Å². The number of amides is 1. The van der Waals surface area contributed by atoms with Gasteiger partial charge in [-0.2, -0.15) is 8.42 Å². The largest absolute Gasteiger partial charge is 0.350 e. The van der Waals surface area contributed by atoms with Crippen molar-refractivity contribution in [3.8, 4) is 0 Å². The number of carbonyl (C=O) groups excluding carboxylic acids is 1. The Morgan fingerprint density at radius 2 is 1.64 bits per heavy atom. The van der Waals surface area contributed by atoms with Crippen molar-refractivity contribution in [2.45, 2.75) is 87.5 Å². The molecule has 3 aliphatic heterocycles. The van der Waals surface area contributed by atoms with Crippen molar-refractivity contribution >= 4 is 27.5 Å². The van der Waals surface area contributed by atoms with Crippen molar-refractivity contribution in [3.05, 3.63) is 23.8 Å². The van der Waals surface area contributed by atoms with Crippen LogP contribution in [0.5, 0.6) is 0 Å². The van der Waals surface area contributed by atoms with Crippen molar-refractivity contribution in [1.82, 2.24) is 10.2 Å². The molecule has 0 unspecified atom stereocenters. The molecular formula is C25H36N4O3S. The third kappa shape index (κ3) is 4.56. The van der Waals surface area contributed by atoms with Gasteiger partial charge in [0.2, 0.25) is 0 Å². The lowest BCUT2D eigenvalue weighted by Crippen LogP contribution is -2.58. The Labute approximate surface area is 197 Å². The molecule has 0 radical (unpaired) electrons. The van der Waals surface area contributed by atoms with Crippen LogP contribution in [0.2, 0.25) is 0 Å². The second-order valence-electron chi connectivity index (χ2n) is 10.1. The van der Waals surface area contributed by atoms with Crippen LogP contribution in [-0.2, 0) is 10.0 Å². The third-order valence-corrected chi connectivity index (χ3v) is 9.33. The summed E-state index contributed by atoms with van der Waals surface area (Å²) in [6, 6.07) is 5.09. The van der Waals surface area contributed by atoms with Gasteiger partial charge in [-0.25, -0.2) is 0 Å². The Morgan fingerprint density at radius 1 is 0.939 bits per heavy atom. The molecule has 1 aromatic carbocycles. The van der Waals surface area contributed by atoms with E-state index in [0.717, 1.165) is 51.7 Å². The first-order valence-corrected chi connectivity index (χ1v) is 14.2. The molecule has 1 N–H and O–H groups in total. The normalized spacial score (nSPS) is 24.7. The number of nitrogens with zero attached hydrogens (tertiary/aromatic N) is 3. The summed E-state index contributed by atoms with van der Waals surface area (Å²) in [6.07, 6.45) is 13.4. The van der Waals surface area contributed by atoms with E-state index in [4.69, 9.17) is 0 Å². The zero-order valence-electron chi connectivity index (χ0n) is 19.5. The molecule has 1 aromatic rings. The van der Waals surface area contributed by atoms with Gasteiger partial charge in [0.15, 0.2) is 0 Å². The summed E-state index contributed by atoms with van der Waals surface area (Å²) in [5, 5.41) is 3.18. The number of fused-ring (bicyclic) bond motifs is 3. The van der Waals surface area contributed by atoms with Crippen molar-refractivity contribution in [2.75, 3.05) is 31.1 Å². The number of likely N-dealkylation sites (tertiary alicyclic amines) is 1. The van der Waals surface area contributed by atoms with Gasteiger partial charge in [0.1, 0.15) is 10.7 Å². The highest BCUT2D eigenvalue weighted by Gasteiger charge is 2.39. The molecule has 4 aliphatic rings. The second-order valence-corrected chi connectivity index (χ2v) is 11.7. The van der Waals surface area contributed by atoms with Crippen molar-refractivity contribution in [2.24, 2.45) is 4.40 Å². The molecule has 8 heteroatoms. The fourth-order valence-electron chi connectivity index (χ4n) is 6.15. The van der Waals surface area contributed by atoms with Gasteiger partial charge in [-0.1, -0.05) is 32.1 Å². The van der Waals surface area contributed by atoms with Crippen LogP contribution in [0.1, 0.15) is 87.4 Å². The summed E-state index contributed by atoms with van der Waals surface area (Å²) in [7, 11) is -3.79. The van der Waals surface area contributed by atoms with Crippen molar-refractivity contribution < 1.29 is 13.2 Å². The minimum atomic E-state index is -3.79. The molecule has 180 valence electrons. The van der Waals surface area contributed by atoms with E-state index >= 15 is 0 Å². The fraction of sp³-hybridized carbons (Fsp3) is 0.680. The summed E-state index contributed by atoms with van der Waals surface area (Å²) in [6.45, 7) is 3.63. The molecule has 33 heavy (non-hydrogen) atoms. The predicted octanol–water partition coefficient (Wildman–Crippen LogP) is 4.09. The first kappa shape index (κ1) is 22.8. The number of nitrogens with one attached hydrogen (secondary N) is 1. The van der Waals surface area contributed by atoms with E-state index in [1.165, 1.54) is 44.6 Å². The molecule has 2 saturated heterocycles. The van der Waals surface area contributed by atoms with Gasteiger partial charge in [0.05, 0.1) is 5.69 Å². The maximum absolute atomic E-state index is 13.2. The monoisotopic (exact) mass is 472 g/mol. The van der Waals surface area contributed by atoms with Gasteiger partial charge in [-0.15, -0.1) is 4.40 Å². The number of carbonyl (C=O) groups is 1. The molecule has 0 spiro atoms. The Kier molecular flexibility index (Phi) is 6.49. The summed E-state index contributed by atoms with van der Waals surface area (Å²) in [4.78, 5) is 18.0. The van der Waals surface area contributed by atoms with E-state index in [-0.39, 0.29) is 16.3 Å². The van der Waals surface area contributed by atoms with Crippen LogP contribution in [0.15, 0.2) is 27.5 Å². The molecule has 0 aromatic heterocycles. The first-order chi connectivity index (χ1) is 16.0. The minimum absolute atomic E-state index is 0.0415. The van der Waals surface area contributed by atoms with Crippen LogP contribution < -0.4 is 10.2 Å². The molecule has 1 amide bonds. The lowest BCUT2D eigenvalue weighted by molar-refractivity contribution is 0.0326. The van der Waals surface area contributed by atoms with Crippen molar-refractivity contribution in [3.63, 3.8) is 0 Å². The van der Waals surface area contributed by atoms with Gasteiger partial charge < -0.3 is 10.2 Å². The SMILES string of the molecule is O=C(NCC1(N2CCCCC2)CCCCC1)c1ccc2c(c1)S(=O)(=O)N=C1CCCCCN12. The standard InChI is InChI=1S/C25H36N4O3S/c30-24(26-19-25(13-5-2-6-14-25)28-15-7-3-8-16-28)20-11-12-21-22(18-20)33(31,32)27-23-10-4-1-9-17-29(21)23/h11-12,18H,1-10,13-17,19H2,(H,26,30). The molecule has 3 fully saturated rings. The number of amidine groups is 1. The maximum atomic E-state index is 13.2. The molecule has 1 aliphatic carbocycles. The highest BCUT2D eigenvalue weighted by atomic mass is 32.2. The highest BCUT2D eigenvalue weighted by Crippen LogP contribution is 2.36. The Hall–Kier alpha value is -1.93. The van der Waals surface area contributed by atoms with Gasteiger partial charge in [0.25, 0.3) is 15.9 Å². The Balaban J connectivity index is 1.36. The number of benzene rings is 1. The maximum Gasteiger partial charge on any atom is 0.286 e. The zero-order valence-corrected chi connectivity index (χ0v) is 20.3. The van der Waals surface area contributed by atoms with E-state index in [2.05, 4.69) is 14.6 Å². The van der Waals surface area contributed by atoms with Crippen LogP contribution in [0.3, 0.4) is 0 Å². The smallest absolute Gasteiger partial charge is 0.286 e. The first-order valence-electron chi connectivity index (χ1n) is 12.8. The molecule has 7 nitrogen and oxygen atoms in total. The van der Waals surface area contributed by atoms with Gasteiger partial charge in [-0.3, -0.25) is 9.69 Å². The van der Waals surface area contributed by atoms with Gasteiger partial charge in [-0.05, 0) is 69.8 Å². The molecule has 1 saturated carbocycles. The van der Waals surface area contributed by atoms with Crippen LogP contribution in [0.4, 0.5) is 5.69 Å². The molecule has 0 bridgehead atoms. The number of anilines is 1. The summed E-state index contributed by atoms with van der Waals surface area (Å²) >= 11 is 0. The van der Waals surface area contributed by atoms with Crippen LogP contribution in [0.25, 0.3) is 0 Å². The molecule has 5 rings (SSSR count). The quantitative estimate of drug-likeness (QED) is 0.714. The van der Waals surface area contributed by atoms with Crippen LogP contribution in [-0.4, -0.2) is 56.8 Å². The number of rotatable bonds is 4. The van der Waals surface area contributed by atoms with E-state index in [1.54, 1.807) is 12.1 Å². The number of hydrogen-bond donors (Lipinski definition) is 1. The molecule has 3 heterocycles. The average molecular weight is 473 g/mol. The van der Waals surface area contributed by atoms with Crippen LogP contribution in [0, 0.1) is 0 Å². The summed E-state index contributed by atoms with van der Waals surface area (Å²) in [5.74, 6) is 0.443. The van der Waals surface area contributed by atoms with Gasteiger partial charge in [0, 0.05) is 30.6 Å². The predicted molar refractivity (Wildman–Crippen MR) is 130 cm³/mol. The van der Waals surface area contributed by atoms with Gasteiger partial charge >= 0.3 is 0 Å². The fourth-order valence-corrected chi connectivity index (χ4v) is 7.43. The van der Waals surface area contributed by atoms with Crippen LogP contribution >= 0.6 is 0 Å². The van der Waals surface area contributed by atoms with Crippen molar-refractivity contribution in [1.29, 1.82) is 0 Å². The highest BCUT2D eigenvalue weighted by molar-refractivity contribution is 7.90. The van der Waals surface area contributed by atoms with E-state index < -0.39 is 10.0 Å². The van der Waals surface area contributed by atoms with E-state index in [1.807, 2.05) is 4.90 Å². The zero-order chi connectivity index (χ0) is 22.9.